The van der Waals surface area contributed by atoms with Crippen molar-refractivity contribution in [3.63, 3.8) is 0 Å². The molecule has 6 aromatic rings. The maximum atomic E-state index is 8.75. The summed E-state index contributed by atoms with van der Waals surface area (Å²) in [6.45, 7) is 9.57. The van der Waals surface area contributed by atoms with Crippen LogP contribution < -0.4 is 9.47 Å². The van der Waals surface area contributed by atoms with Gasteiger partial charge in [-0.15, -0.1) is 0 Å². The van der Waals surface area contributed by atoms with Crippen LogP contribution in [0.25, 0.3) is 43.1 Å². The van der Waals surface area contributed by atoms with Gasteiger partial charge in [0.05, 0.1) is 0 Å². The van der Waals surface area contributed by atoms with Gasteiger partial charge in [-0.2, -0.15) is 0 Å². The fourth-order valence-electron chi connectivity index (χ4n) is 13.1. The van der Waals surface area contributed by atoms with Crippen LogP contribution in [0.4, 0.5) is 0 Å². The van der Waals surface area contributed by atoms with Gasteiger partial charge in [-0.25, -0.2) is 0 Å². The normalized spacial score (nSPS) is 27.4. The fraction of sp³-hybridized carbons (Fsp3) is 0.214. The summed E-state index contributed by atoms with van der Waals surface area (Å²) in [6, 6.07) is 34.8. The molecule has 1 fully saturated rings. The van der Waals surface area contributed by atoms with Crippen molar-refractivity contribution < 1.29 is 27.4 Å². The second kappa shape index (κ2) is 14.2. The fourth-order valence-corrected chi connectivity index (χ4v) is 34.2. The van der Waals surface area contributed by atoms with Crippen LogP contribution in [0.2, 0.25) is 6.25 Å². The predicted octanol–water partition coefficient (Wildman–Crippen LogP) is 16.0. The monoisotopic (exact) mass is 912 g/mol. The first-order chi connectivity index (χ1) is 29.6. The maximum absolute atomic E-state index is 8.75. The van der Waals surface area contributed by atoms with Gasteiger partial charge in [-0.1, -0.05) is 0 Å². The second-order valence-corrected chi connectivity index (χ2v) is 32.2. The molecule has 1 heterocycles. The van der Waals surface area contributed by atoms with Crippen molar-refractivity contribution in [3.8, 4) is 11.5 Å². The van der Waals surface area contributed by atoms with Crippen molar-refractivity contribution in [2.24, 2.45) is 11.8 Å². The van der Waals surface area contributed by atoms with Crippen molar-refractivity contribution >= 4 is 60.1 Å². The number of allylic oxidation sites excluding steroid dienone is 16. The molecular formula is C56H48Cl2O2Zr. The molecule has 6 atom stereocenters. The van der Waals surface area contributed by atoms with Crippen LogP contribution in [0, 0.1) is 11.8 Å². The quantitative estimate of drug-likeness (QED) is 0.164. The molecule has 302 valence electrons. The van der Waals surface area contributed by atoms with Gasteiger partial charge in [0.2, 0.25) is 0 Å². The summed E-state index contributed by atoms with van der Waals surface area (Å²) in [5.41, 5.74) is 10.4. The van der Waals surface area contributed by atoms with E-state index in [2.05, 4.69) is 186 Å². The van der Waals surface area contributed by atoms with E-state index in [-0.39, 0.29) is 23.7 Å². The molecule has 6 aromatic carbocycles. The summed E-state index contributed by atoms with van der Waals surface area (Å²) >= 11 is -4.64. The summed E-state index contributed by atoms with van der Waals surface area (Å²) in [5.74, 6) is 2.14. The number of benzene rings is 6. The first kappa shape index (κ1) is 39.2. The zero-order chi connectivity index (χ0) is 42.0. The molecule has 0 radical (unpaired) electrons. The van der Waals surface area contributed by atoms with Crippen LogP contribution in [-0.4, -0.2) is 14.2 Å². The molecule has 0 saturated carbocycles. The van der Waals surface area contributed by atoms with Gasteiger partial charge in [-0.05, 0) is 0 Å². The number of ether oxygens (including phenoxy) is 2. The van der Waals surface area contributed by atoms with Gasteiger partial charge in [0.1, 0.15) is 0 Å². The Labute approximate surface area is 370 Å². The van der Waals surface area contributed by atoms with Crippen molar-refractivity contribution in [2.45, 2.75) is 45.8 Å². The van der Waals surface area contributed by atoms with E-state index in [0.29, 0.717) is 0 Å². The van der Waals surface area contributed by atoms with Gasteiger partial charge in [0, 0.05) is 0 Å². The molecule has 61 heavy (non-hydrogen) atoms. The Morgan fingerprint density at radius 3 is 1.10 bits per heavy atom. The third kappa shape index (κ3) is 4.90. The van der Waals surface area contributed by atoms with Gasteiger partial charge in [-0.3, -0.25) is 0 Å². The van der Waals surface area contributed by atoms with Crippen LogP contribution >= 0.6 is 17.0 Å². The standard InChI is InChI=1S/C56H48O2.2ClH.Zr/c1-33-31-49-41(23-7-9-25-43(49)53-37-19-11-15-27-45(37)55(57-5)46-28-16-12-20-38(46)53)51(33)35(3)36(4)52-34(2)32-50-42(52)24-8-10-26-44(50)54-39-21-13-17-29-47(39)56(58-6)48-30-18-14-22-40(48)54;;;/h7-32,35-36,43-44H,1-6H3;2*1H;/q;;;+2/p-2. The van der Waals surface area contributed by atoms with Crippen LogP contribution in [-0.2, 0) is 17.9 Å². The van der Waals surface area contributed by atoms with E-state index in [1.54, 1.807) is 14.2 Å². The van der Waals surface area contributed by atoms with Crippen LogP contribution in [0.15, 0.2) is 191 Å². The number of hydrogen-bond acceptors (Lipinski definition) is 2. The topological polar surface area (TPSA) is 18.5 Å². The number of halogens is 2. The van der Waals surface area contributed by atoms with E-state index in [0.717, 1.165) is 33.0 Å². The van der Waals surface area contributed by atoms with Gasteiger partial charge >= 0.3 is 373 Å². The Hall–Kier alpha value is -4.66. The van der Waals surface area contributed by atoms with E-state index in [1.165, 1.54) is 66.1 Å². The Morgan fingerprint density at radius 1 is 0.475 bits per heavy atom. The molecule has 0 N–H and O–H groups in total. The summed E-state index contributed by atoms with van der Waals surface area (Å²) in [4.78, 5) is 0. The van der Waals surface area contributed by atoms with E-state index >= 15 is 0 Å². The van der Waals surface area contributed by atoms with Crippen LogP contribution in [0.3, 0.4) is 0 Å². The van der Waals surface area contributed by atoms with Gasteiger partial charge in [0.25, 0.3) is 0 Å². The number of fused-ring (bicyclic) bond motifs is 6. The first-order valence-corrected chi connectivity index (χ1v) is 30.3. The van der Waals surface area contributed by atoms with Crippen LogP contribution in [0.1, 0.15) is 50.7 Å². The first-order valence-electron chi connectivity index (χ1n) is 21.5. The Bertz CT molecular complexity index is 2850. The van der Waals surface area contributed by atoms with E-state index < -0.39 is 24.1 Å². The summed E-state index contributed by atoms with van der Waals surface area (Å²) < 4.78 is 11.3. The zero-order valence-electron chi connectivity index (χ0n) is 35.4. The molecule has 11 rings (SSSR count). The molecule has 2 nitrogen and oxygen atoms in total. The van der Waals surface area contributed by atoms with E-state index in [1.807, 2.05) is 0 Å². The molecule has 0 amide bonds. The van der Waals surface area contributed by atoms with Crippen LogP contribution in [0.5, 0.6) is 11.5 Å². The summed E-state index contributed by atoms with van der Waals surface area (Å²) in [5, 5.41) is 9.30. The number of methoxy groups -OCH3 is 2. The molecule has 1 aliphatic heterocycles. The predicted molar refractivity (Wildman–Crippen MR) is 255 cm³/mol. The second-order valence-electron chi connectivity index (χ2n) is 17.7. The Morgan fingerprint density at radius 2 is 0.787 bits per heavy atom. The minimum absolute atomic E-state index is 0.0208. The molecule has 0 bridgehead atoms. The third-order valence-electron chi connectivity index (χ3n) is 15.5. The van der Waals surface area contributed by atoms with Crippen molar-refractivity contribution in [2.75, 3.05) is 14.2 Å². The average molecular weight is 915 g/mol. The molecule has 5 aliphatic rings. The number of hydrogen-bond donors (Lipinski definition) is 0. The van der Waals surface area contributed by atoms with Gasteiger partial charge < -0.3 is 0 Å². The SMILES string of the molecule is COc1c2ccccc2c(C2C=CC=CC3=C2C=C(C)[C]32C(C)C(C)[C]3(C(C)=CC4=C3C=CC=CC4c3c4ccccc4c(OC)c4ccccc34)[Zr]2([Cl])[Cl])c2ccccc12. The zero-order valence-corrected chi connectivity index (χ0v) is 39.4. The minimum atomic E-state index is -4.64. The molecule has 2 spiro atoms. The molecule has 0 aromatic heterocycles. The molecule has 4 aliphatic carbocycles. The molecule has 1 saturated heterocycles. The average Bonchev–Trinajstić information content (AvgIpc) is 3.60. The molecular weight excluding hydrogens is 867 g/mol. The van der Waals surface area contributed by atoms with Gasteiger partial charge in [0.15, 0.2) is 0 Å². The van der Waals surface area contributed by atoms with E-state index in [4.69, 9.17) is 26.5 Å². The van der Waals surface area contributed by atoms with Crippen molar-refractivity contribution in [3.05, 3.63) is 202 Å². The summed E-state index contributed by atoms with van der Waals surface area (Å²) in [7, 11) is 21.1. The van der Waals surface area contributed by atoms with E-state index in [9.17, 15) is 0 Å². The molecule has 5 heteroatoms. The molecule has 6 unspecified atom stereocenters. The summed E-state index contributed by atoms with van der Waals surface area (Å²) in [6.07, 6.45) is 23.4. The Balaban J connectivity index is 1.15. The van der Waals surface area contributed by atoms with Crippen molar-refractivity contribution in [1.82, 2.24) is 0 Å². The van der Waals surface area contributed by atoms with Crippen molar-refractivity contribution in [1.29, 1.82) is 0 Å². The third-order valence-corrected chi connectivity index (χ3v) is 32.9. The Kier molecular flexibility index (Phi) is 9.12. The number of rotatable bonds is 4.